The SMILES string of the molecule is CNCc1c(-n2ccnc2C#N)nc2ccccn12. The molecule has 0 aliphatic carbocycles. The lowest BCUT2D eigenvalue weighted by Gasteiger charge is -2.05. The summed E-state index contributed by atoms with van der Waals surface area (Å²) in [4.78, 5) is 8.59. The smallest absolute Gasteiger partial charge is 0.218 e. The molecule has 3 aromatic heterocycles. The van der Waals surface area contributed by atoms with Crippen molar-refractivity contribution >= 4 is 5.65 Å². The van der Waals surface area contributed by atoms with E-state index in [-0.39, 0.29) is 0 Å². The van der Waals surface area contributed by atoms with Crippen LogP contribution in [0.4, 0.5) is 0 Å². The number of imidazole rings is 2. The van der Waals surface area contributed by atoms with Crippen molar-refractivity contribution in [2.24, 2.45) is 0 Å². The van der Waals surface area contributed by atoms with Gasteiger partial charge in [0.1, 0.15) is 11.7 Å². The van der Waals surface area contributed by atoms with E-state index < -0.39 is 0 Å². The Bertz CT molecular complexity index is 761. The number of nitrogens with zero attached hydrogens (tertiary/aromatic N) is 5. The molecule has 0 spiro atoms. The first-order chi connectivity index (χ1) is 9.35. The van der Waals surface area contributed by atoms with Crippen LogP contribution in [0.5, 0.6) is 0 Å². The first-order valence-electron chi connectivity index (χ1n) is 5.89. The van der Waals surface area contributed by atoms with Gasteiger partial charge in [-0.3, -0.25) is 4.57 Å². The van der Waals surface area contributed by atoms with E-state index in [1.54, 1.807) is 17.0 Å². The molecule has 0 atom stereocenters. The molecule has 6 heteroatoms. The summed E-state index contributed by atoms with van der Waals surface area (Å²) in [5.74, 6) is 1.07. The normalized spacial score (nSPS) is 10.7. The van der Waals surface area contributed by atoms with E-state index in [2.05, 4.69) is 21.4 Å². The molecule has 0 aliphatic rings. The molecule has 3 heterocycles. The van der Waals surface area contributed by atoms with Gasteiger partial charge in [0.25, 0.3) is 0 Å². The minimum atomic E-state index is 0.334. The molecule has 0 radical (unpaired) electrons. The molecule has 0 saturated heterocycles. The zero-order chi connectivity index (χ0) is 13.2. The highest BCUT2D eigenvalue weighted by Gasteiger charge is 2.15. The maximum absolute atomic E-state index is 9.08. The molecule has 94 valence electrons. The van der Waals surface area contributed by atoms with Crippen LogP contribution in [-0.2, 0) is 6.54 Å². The van der Waals surface area contributed by atoms with Crippen LogP contribution < -0.4 is 5.32 Å². The van der Waals surface area contributed by atoms with E-state index in [4.69, 9.17) is 5.26 Å². The minimum absolute atomic E-state index is 0.334. The average Bonchev–Trinajstić information content (AvgIpc) is 3.03. The van der Waals surface area contributed by atoms with Gasteiger partial charge < -0.3 is 9.72 Å². The predicted molar refractivity (Wildman–Crippen MR) is 69.8 cm³/mol. The average molecular weight is 252 g/mol. The van der Waals surface area contributed by atoms with E-state index in [1.807, 2.05) is 35.8 Å². The standard InChI is InChI=1S/C13H12N6/c1-15-9-10-13(19-7-5-16-12(19)8-14)17-11-4-2-3-6-18(10)11/h2-7,15H,9H2,1H3. The van der Waals surface area contributed by atoms with Crippen molar-refractivity contribution in [3.63, 3.8) is 0 Å². The Hall–Kier alpha value is -2.65. The van der Waals surface area contributed by atoms with Gasteiger partial charge in [-0.2, -0.15) is 5.26 Å². The minimum Gasteiger partial charge on any atom is -0.314 e. The summed E-state index contributed by atoms with van der Waals surface area (Å²) in [5.41, 5.74) is 1.84. The van der Waals surface area contributed by atoms with Gasteiger partial charge in [-0.05, 0) is 19.2 Å². The van der Waals surface area contributed by atoms with E-state index in [9.17, 15) is 0 Å². The van der Waals surface area contributed by atoms with Gasteiger partial charge in [0.05, 0.1) is 5.69 Å². The van der Waals surface area contributed by atoms with Crippen LogP contribution in [0.2, 0.25) is 0 Å². The van der Waals surface area contributed by atoms with E-state index in [0.717, 1.165) is 17.2 Å². The van der Waals surface area contributed by atoms with Crippen LogP contribution in [0.25, 0.3) is 11.5 Å². The highest BCUT2D eigenvalue weighted by atomic mass is 15.2. The monoisotopic (exact) mass is 252 g/mol. The van der Waals surface area contributed by atoms with Crippen molar-refractivity contribution in [1.29, 1.82) is 5.26 Å². The first-order valence-corrected chi connectivity index (χ1v) is 5.89. The van der Waals surface area contributed by atoms with Crippen LogP contribution in [0.3, 0.4) is 0 Å². The molecule has 0 bridgehead atoms. The highest BCUT2D eigenvalue weighted by Crippen LogP contribution is 2.18. The zero-order valence-electron chi connectivity index (χ0n) is 10.4. The molecule has 3 aromatic rings. The Balaban J connectivity index is 2.29. The van der Waals surface area contributed by atoms with Gasteiger partial charge in [-0.25, -0.2) is 9.97 Å². The second kappa shape index (κ2) is 4.55. The number of nitriles is 1. The largest absolute Gasteiger partial charge is 0.314 e. The molecule has 0 fully saturated rings. The number of nitrogens with one attached hydrogen (secondary N) is 1. The summed E-state index contributed by atoms with van der Waals surface area (Å²) in [6, 6.07) is 7.90. The molecule has 0 aromatic carbocycles. The fourth-order valence-electron chi connectivity index (χ4n) is 2.12. The molecule has 0 saturated carbocycles. The molecular formula is C13H12N6. The van der Waals surface area contributed by atoms with E-state index in [0.29, 0.717) is 12.4 Å². The molecule has 0 aliphatic heterocycles. The number of hydrogen-bond acceptors (Lipinski definition) is 4. The van der Waals surface area contributed by atoms with Crippen molar-refractivity contribution in [2.45, 2.75) is 6.54 Å². The quantitative estimate of drug-likeness (QED) is 0.758. The number of fused-ring (bicyclic) bond motifs is 1. The Morgan fingerprint density at radius 1 is 1.37 bits per heavy atom. The Labute approximate surface area is 110 Å². The van der Waals surface area contributed by atoms with Gasteiger partial charge in [0, 0.05) is 25.1 Å². The molecule has 6 nitrogen and oxygen atoms in total. The molecule has 3 rings (SSSR count). The molecule has 19 heavy (non-hydrogen) atoms. The summed E-state index contributed by atoms with van der Waals surface area (Å²) >= 11 is 0. The van der Waals surface area contributed by atoms with Crippen LogP contribution in [0.15, 0.2) is 36.8 Å². The van der Waals surface area contributed by atoms with Crippen molar-refractivity contribution in [3.05, 3.63) is 48.3 Å². The molecular weight excluding hydrogens is 240 g/mol. The van der Waals surface area contributed by atoms with E-state index >= 15 is 0 Å². The van der Waals surface area contributed by atoms with Crippen LogP contribution >= 0.6 is 0 Å². The number of rotatable bonds is 3. The zero-order valence-corrected chi connectivity index (χ0v) is 10.4. The summed E-state index contributed by atoms with van der Waals surface area (Å²) in [6.07, 6.45) is 5.31. The van der Waals surface area contributed by atoms with Gasteiger partial charge in [-0.1, -0.05) is 6.07 Å². The van der Waals surface area contributed by atoms with Crippen molar-refractivity contribution in [3.8, 4) is 11.9 Å². The summed E-state index contributed by atoms with van der Waals surface area (Å²) < 4.78 is 3.71. The predicted octanol–water partition coefficient (Wildman–Crippen LogP) is 1.11. The fraction of sp³-hybridized carbons (Fsp3) is 0.154. The van der Waals surface area contributed by atoms with Gasteiger partial charge in [-0.15, -0.1) is 0 Å². The second-order valence-electron chi connectivity index (χ2n) is 4.07. The summed E-state index contributed by atoms with van der Waals surface area (Å²) in [5, 5.41) is 12.2. The van der Waals surface area contributed by atoms with Gasteiger partial charge in [0.15, 0.2) is 5.82 Å². The third kappa shape index (κ3) is 1.77. The Morgan fingerprint density at radius 3 is 3.05 bits per heavy atom. The van der Waals surface area contributed by atoms with Crippen molar-refractivity contribution < 1.29 is 0 Å². The lowest BCUT2D eigenvalue weighted by Crippen LogP contribution is -2.11. The van der Waals surface area contributed by atoms with Crippen LogP contribution in [-0.4, -0.2) is 26.0 Å². The van der Waals surface area contributed by atoms with Crippen LogP contribution in [0, 0.1) is 11.3 Å². The third-order valence-corrected chi connectivity index (χ3v) is 2.92. The summed E-state index contributed by atoms with van der Waals surface area (Å²) in [6.45, 7) is 0.656. The molecule has 0 amide bonds. The lowest BCUT2D eigenvalue weighted by atomic mass is 10.4. The Kier molecular flexibility index (Phi) is 2.74. The van der Waals surface area contributed by atoms with E-state index in [1.165, 1.54) is 0 Å². The van der Waals surface area contributed by atoms with Crippen molar-refractivity contribution in [1.82, 2.24) is 24.3 Å². The maximum Gasteiger partial charge on any atom is 0.218 e. The lowest BCUT2D eigenvalue weighted by molar-refractivity contribution is 0.770. The molecule has 1 N–H and O–H groups in total. The third-order valence-electron chi connectivity index (χ3n) is 2.92. The first kappa shape index (κ1) is 11.4. The number of pyridine rings is 1. The number of hydrogen-bond donors (Lipinski definition) is 1. The molecule has 0 unspecified atom stereocenters. The van der Waals surface area contributed by atoms with Crippen LogP contribution in [0.1, 0.15) is 11.5 Å². The van der Waals surface area contributed by atoms with Gasteiger partial charge >= 0.3 is 0 Å². The fourth-order valence-corrected chi connectivity index (χ4v) is 2.12. The van der Waals surface area contributed by atoms with Gasteiger partial charge in [0.2, 0.25) is 5.82 Å². The highest BCUT2D eigenvalue weighted by molar-refractivity contribution is 5.49. The maximum atomic E-state index is 9.08. The number of aromatic nitrogens is 4. The topological polar surface area (TPSA) is 70.9 Å². The Morgan fingerprint density at radius 2 is 2.26 bits per heavy atom. The second-order valence-corrected chi connectivity index (χ2v) is 4.07. The summed E-state index contributed by atoms with van der Waals surface area (Å²) in [7, 11) is 1.88. The van der Waals surface area contributed by atoms with Crippen molar-refractivity contribution in [2.75, 3.05) is 7.05 Å².